The summed E-state index contributed by atoms with van der Waals surface area (Å²) < 4.78 is 0. The number of carbonyl (C=O) groups excluding carboxylic acids is 3. The van der Waals surface area contributed by atoms with Crippen molar-refractivity contribution in [2.45, 2.75) is 17.1 Å². The van der Waals surface area contributed by atoms with Gasteiger partial charge in [0.05, 0.1) is 15.8 Å². The van der Waals surface area contributed by atoms with Crippen molar-refractivity contribution in [3.05, 3.63) is 125 Å². The summed E-state index contributed by atoms with van der Waals surface area (Å²) in [5.74, 6) is -1.03. The van der Waals surface area contributed by atoms with Crippen LogP contribution in [0.25, 0.3) is 16.6 Å². The fourth-order valence-corrected chi connectivity index (χ4v) is 6.24. The molecule has 2 heterocycles. The van der Waals surface area contributed by atoms with Gasteiger partial charge in [0.2, 0.25) is 5.91 Å². The van der Waals surface area contributed by atoms with Crippen LogP contribution >= 0.6 is 34.4 Å². The quantitative estimate of drug-likeness (QED) is 0.113. The van der Waals surface area contributed by atoms with Crippen molar-refractivity contribution >= 4 is 69.1 Å². The van der Waals surface area contributed by atoms with Gasteiger partial charge in [-0.25, -0.2) is 4.98 Å². The van der Waals surface area contributed by atoms with E-state index in [-0.39, 0.29) is 17.5 Å². The summed E-state index contributed by atoms with van der Waals surface area (Å²) >= 11 is 4.35. The molecule has 0 fully saturated rings. The molecule has 1 unspecified atom stereocenters. The number of nitrogens with one attached hydrogen (secondary N) is 3. The van der Waals surface area contributed by atoms with E-state index in [0.29, 0.717) is 16.4 Å². The number of aromatic nitrogens is 1. The van der Waals surface area contributed by atoms with Crippen LogP contribution in [0, 0.1) is 0 Å². The smallest absolute Gasteiger partial charge is 0.272 e. The van der Waals surface area contributed by atoms with Crippen LogP contribution in [0.1, 0.15) is 22.8 Å². The second kappa shape index (κ2) is 13.9. The van der Waals surface area contributed by atoms with Gasteiger partial charge in [0.15, 0.2) is 5.13 Å². The van der Waals surface area contributed by atoms with Crippen molar-refractivity contribution < 1.29 is 14.4 Å². The van der Waals surface area contributed by atoms with Gasteiger partial charge in [-0.2, -0.15) is 0 Å². The van der Waals surface area contributed by atoms with Gasteiger partial charge in [-0.05, 0) is 60.3 Å². The normalized spacial score (nSPS) is 11.9. The Morgan fingerprint density at radius 1 is 0.857 bits per heavy atom. The van der Waals surface area contributed by atoms with Crippen LogP contribution < -0.4 is 16.0 Å². The number of hydrogen-bond acceptors (Lipinski definition) is 7. The third-order valence-corrected chi connectivity index (χ3v) is 8.67. The van der Waals surface area contributed by atoms with Gasteiger partial charge in [-0.3, -0.25) is 14.4 Å². The first-order chi connectivity index (χ1) is 20.4. The zero-order valence-corrected chi connectivity index (χ0v) is 24.9. The molecule has 0 aliphatic rings. The summed E-state index contributed by atoms with van der Waals surface area (Å²) in [4.78, 5) is 45.5. The Balaban J connectivity index is 1.24. The molecule has 0 radical (unpaired) electrons. The zero-order chi connectivity index (χ0) is 29.3. The molecule has 5 rings (SSSR count). The van der Waals surface area contributed by atoms with Crippen molar-refractivity contribution in [3.63, 3.8) is 0 Å². The first-order valence-corrected chi connectivity index (χ1v) is 15.6. The molecule has 7 nitrogen and oxygen atoms in total. The lowest BCUT2D eigenvalue weighted by molar-refractivity contribution is -0.115. The summed E-state index contributed by atoms with van der Waals surface area (Å²) in [7, 11) is 0. The number of thiazole rings is 1. The number of thioether (sulfide) groups is 1. The van der Waals surface area contributed by atoms with E-state index in [0.717, 1.165) is 21.0 Å². The lowest BCUT2D eigenvalue weighted by atomic mass is 10.1. The summed E-state index contributed by atoms with van der Waals surface area (Å²) in [5, 5.41) is 12.6. The molecule has 210 valence electrons. The predicted molar refractivity (Wildman–Crippen MR) is 173 cm³/mol. The maximum atomic E-state index is 13.3. The van der Waals surface area contributed by atoms with Crippen LogP contribution in [0.15, 0.2) is 118 Å². The topological polar surface area (TPSA) is 100 Å². The van der Waals surface area contributed by atoms with Crippen molar-refractivity contribution in [2.24, 2.45) is 0 Å². The van der Waals surface area contributed by atoms with Crippen molar-refractivity contribution in [3.8, 4) is 10.6 Å². The second-order valence-corrected chi connectivity index (χ2v) is 12.3. The Kier molecular flexibility index (Phi) is 9.60. The molecule has 0 saturated carbocycles. The van der Waals surface area contributed by atoms with Crippen LogP contribution in [-0.4, -0.2) is 28.0 Å². The molecular weight excluding hydrogens is 585 g/mol. The number of amides is 3. The molecule has 42 heavy (non-hydrogen) atoms. The van der Waals surface area contributed by atoms with E-state index >= 15 is 0 Å². The monoisotopic (exact) mass is 610 g/mol. The Morgan fingerprint density at radius 2 is 1.62 bits per heavy atom. The number of hydrogen-bond donors (Lipinski definition) is 3. The SMILES string of the molecule is CC(Sc1cccc(NC(=O)/C(=C/c2ccccc2)NC(=O)c2ccccc2)c1)C(=O)Nc1nc(-c2cccs2)cs1. The summed E-state index contributed by atoms with van der Waals surface area (Å²) in [6, 6.07) is 29.2. The predicted octanol–water partition coefficient (Wildman–Crippen LogP) is 7.40. The molecule has 0 saturated heterocycles. The standard InChI is InChI=1S/C32H26N4O3S3/c1-21(29(37)36-32-35-27(20-41-32)28-16-9-17-40-28)42-25-15-8-14-24(19-25)33-31(39)26(18-22-10-4-2-5-11-22)34-30(38)23-12-6-3-7-13-23/h2-21H,1H3,(H,33,39)(H,34,38)(H,35,36,37)/b26-18-. The lowest BCUT2D eigenvalue weighted by Crippen LogP contribution is -2.30. The average Bonchev–Trinajstić information content (AvgIpc) is 3.71. The third kappa shape index (κ3) is 7.82. The zero-order valence-electron chi connectivity index (χ0n) is 22.4. The van der Waals surface area contributed by atoms with Crippen LogP contribution in [0.4, 0.5) is 10.8 Å². The van der Waals surface area contributed by atoms with Crippen LogP contribution in [0.2, 0.25) is 0 Å². The molecule has 0 aliphatic heterocycles. The second-order valence-electron chi connectivity index (χ2n) is 9.04. The molecule has 10 heteroatoms. The minimum Gasteiger partial charge on any atom is -0.321 e. The maximum Gasteiger partial charge on any atom is 0.272 e. The Morgan fingerprint density at radius 3 is 2.36 bits per heavy atom. The lowest BCUT2D eigenvalue weighted by Gasteiger charge is -2.13. The first kappa shape index (κ1) is 29.0. The number of anilines is 2. The molecule has 2 aromatic heterocycles. The van der Waals surface area contributed by atoms with Crippen LogP contribution in [0.5, 0.6) is 0 Å². The van der Waals surface area contributed by atoms with Crippen LogP contribution in [0.3, 0.4) is 0 Å². The van der Waals surface area contributed by atoms with Crippen molar-refractivity contribution in [1.29, 1.82) is 0 Å². The highest BCUT2D eigenvalue weighted by molar-refractivity contribution is 8.00. The van der Waals surface area contributed by atoms with Gasteiger partial charge in [0, 0.05) is 21.5 Å². The van der Waals surface area contributed by atoms with E-state index in [2.05, 4.69) is 20.9 Å². The number of thiophene rings is 1. The van der Waals surface area contributed by atoms with E-state index < -0.39 is 11.2 Å². The molecule has 5 aromatic rings. The van der Waals surface area contributed by atoms with Gasteiger partial charge in [-0.1, -0.05) is 60.7 Å². The van der Waals surface area contributed by atoms with Gasteiger partial charge >= 0.3 is 0 Å². The first-order valence-electron chi connectivity index (χ1n) is 13.0. The van der Waals surface area contributed by atoms with Gasteiger partial charge < -0.3 is 16.0 Å². The van der Waals surface area contributed by atoms with E-state index in [4.69, 9.17) is 0 Å². The van der Waals surface area contributed by atoms with E-state index in [1.807, 2.05) is 72.3 Å². The number of carbonyl (C=O) groups is 3. The van der Waals surface area contributed by atoms with Gasteiger partial charge in [0.1, 0.15) is 5.70 Å². The van der Waals surface area contributed by atoms with E-state index in [1.54, 1.807) is 59.9 Å². The maximum absolute atomic E-state index is 13.3. The minimum absolute atomic E-state index is 0.103. The fourth-order valence-electron chi connectivity index (χ4n) is 3.84. The van der Waals surface area contributed by atoms with Gasteiger partial charge in [0.25, 0.3) is 11.8 Å². The molecule has 3 N–H and O–H groups in total. The highest BCUT2D eigenvalue weighted by Crippen LogP contribution is 2.30. The Labute approximate surface area is 255 Å². The molecule has 0 bridgehead atoms. The van der Waals surface area contributed by atoms with Crippen LogP contribution in [-0.2, 0) is 9.59 Å². The molecule has 3 amide bonds. The Bertz CT molecular complexity index is 1700. The summed E-state index contributed by atoms with van der Waals surface area (Å²) in [5.41, 5.74) is 2.69. The third-order valence-electron chi connectivity index (χ3n) is 5.92. The highest BCUT2D eigenvalue weighted by atomic mass is 32.2. The van der Waals surface area contributed by atoms with E-state index in [9.17, 15) is 14.4 Å². The largest absolute Gasteiger partial charge is 0.321 e. The number of rotatable bonds is 10. The molecule has 0 aliphatic carbocycles. The van der Waals surface area contributed by atoms with E-state index in [1.165, 1.54) is 23.1 Å². The number of benzene rings is 3. The van der Waals surface area contributed by atoms with Crippen molar-refractivity contribution in [2.75, 3.05) is 10.6 Å². The van der Waals surface area contributed by atoms with Gasteiger partial charge in [-0.15, -0.1) is 34.4 Å². The highest BCUT2D eigenvalue weighted by Gasteiger charge is 2.18. The fraction of sp³-hybridized carbons (Fsp3) is 0.0625. The van der Waals surface area contributed by atoms with Crippen molar-refractivity contribution in [1.82, 2.24) is 10.3 Å². The number of nitrogens with zero attached hydrogens (tertiary/aromatic N) is 1. The summed E-state index contributed by atoms with van der Waals surface area (Å²) in [6.45, 7) is 1.82. The molecule has 1 atom stereocenters. The molecule has 3 aromatic carbocycles. The summed E-state index contributed by atoms with van der Waals surface area (Å²) in [6.07, 6.45) is 1.63. The average molecular weight is 611 g/mol. The molecule has 0 spiro atoms. The Hall–Kier alpha value is -4.51. The minimum atomic E-state index is -0.471. The molecular formula is C32H26N4O3S3.